The van der Waals surface area contributed by atoms with Crippen molar-refractivity contribution in [1.82, 2.24) is 9.97 Å². The summed E-state index contributed by atoms with van der Waals surface area (Å²) in [6.45, 7) is 0. The first kappa shape index (κ1) is 12.3. The van der Waals surface area contributed by atoms with Gasteiger partial charge in [-0.2, -0.15) is 0 Å². The number of ether oxygens (including phenoxy) is 2. The number of methoxy groups -OCH3 is 1. The van der Waals surface area contributed by atoms with E-state index in [1.807, 2.05) is 0 Å². The van der Waals surface area contributed by atoms with Crippen LogP contribution in [0.3, 0.4) is 0 Å². The summed E-state index contributed by atoms with van der Waals surface area (Å²) in [7, 11) is 1.31. The number of carbonyl (C=O) groups excluding carboxylic acids is 1. The first-order valence-corrected chi connectivity index (χ1v) is 5.41. The number of benzene rings is 1. The lowest BCUT2D eigenvalue weighted by molar-refractivity contribution is 0.0598. The monoisotopic (exact) mass is 264 g/mol. The third-order valence-corrected chi connectivity index (χ3v) is 2.32. The molecule has 0 N–H and O–H groups in total. The van der Waals surface area contributed by atoms with E-state index in [1.54, 1.807) is 24.3 Å². The van der Waals surface area contributed by atoms with E-state index >= 15 is 0 Å². The van der Waals surface area contributed by atoms with E-state index in [4.69, 9.17) is 16.3 Å². The van der Waals surface area contributed by atoms with Crippen LogP contribution in [-0.4, -0.2) is 23.0 Å². The highest BCUT2D eigenvalue weighted by Gasteiger charge is 2.13. The summed E-state index contributed by atoms with van der Waals surface area (Å²) < 4.78 is 10.1. The summed E-state index contributed by atoms with van der Waals surface area (Å²) in [6, 6.07) is 8.15. The van der Waals surface area contributed by atoms with Crippen molar-refractivity contribution in [2.45, 2.75) is 0 Å². The number of carbonyl (C=O) groups is 1. The van der Waals surface area contributed by atoms with E-state index in [-0.39, 0.29) is 11.0 Å². The van der Waals surface area contributed by atoms with Gasteiger partial charge in [-0.05, 0) is 12.1 Å². The summed E-state index contributed by atoms with van der Waals surface area (Å²) >= 11 is 5.72. The van der Waals surface area contributed by atoms with E-state index in [2.05, 4.69) is 14.7 Å². The molecule has 0 fully saturated rings. The van der Waals surface area contributed by atoms with Crippen LogP contribution in [-0.2, 0) is 4.74 Å². The number of hydrogen-bond donors (Lipinski definition) is 0. The molecule has 0 aliphatic carbocycles. The highest BCUT2D eigenvalue weighted by Crippen LogP contribution is 2.25. The molecule has 0 saturated carbocycles. The fourth-order valence-electron chi connectivity index (χ4n) is 1.32. The lowest BCUT2D eigenvalue weighted by atomic mass is 10.2. The van der Waals surface area contributed by atoms with Gasteiger partial charge in [-0.1, -0.05) is 23.7 Å². The van der Waals surface area contributed by atoms with Gasteiger partial charge in [-0.25, -0.2) is 14.8 Å². The topological polar surface area (TPSA) is 61.3 Å². The van der Waals surface area contributed by atoms with Crippen molar-refractivity contribution >= 4 is 17.6 Å². The number of nitrogens with zero attached hydrogens (tertiary/aromatic N) is 2. The SMILES string of the molecule is COC(=O)c1ccccc1Oc1cc(Cl)ncn1. The van der Waals surface area contributed by atoms with E-state index in [1.165, 1.54) is 19.5 Å². The molecule has 92 valence electrons. The van der Waals surface area contributed by atoms with Crippen molar-refractivity contribution in [1.29, 1.82) is 0 Å². The molecule has 0 saturated heterocycles. The molecule has 0 unspecified atom stereocenters. The molecule has 0 amide bonds. The second kappa shape index (κ2) is 5.46. The lowest BCUT2D eigenvalue weighted by Gasteiger charge is -2.08. The second-order valence-electron chi connectivity index (χ2n) is 3.27. The highest BCUT2D eigenvalue weighted by molar-refractivity contribution is 6.29. The Morgan fingerprint density at radius 2 is 2.06 bits per heavy atom. The van der Waals surface area contributed by atoms with Gasteiger partial charge in [0.2, 0.25) is 5.88 Å². The predicted octanol–water partition coefficient (Wildman–Crippen LogP) is 2.71. The number of aromatic nitrogens is 2. The molecular weight excluding hydrogens is 256 g/mol. The molecule has 18 heavy (non-hydrogen) atoms. The van der Waals surface area contributed by atoms with Gasteiger partial charge in [-0.15, -0.1) is 0 Å². The zero-order valence-electron chi connectivity index (χ0n) is 9.46. The first-order chi connectivity index (χ1) is 8.70. The number of hydrogen-bond acceptors (Lipinski definition) is 5. The van der Waals surface area contributed by atoms with Crippen molar-refractivity contribution in [2.24, 2.45) is 0 Å². The zero-order valence-corrected chi connectivity index (χ0v) is 10.2. The predicted molar refractivity (Wildman–Crippen MR) is 64.9 cm³/mol. The van der Waals surface area contributed by atoms with Crippen molar-refractivity contribution in [3.8, 4) is 11.6 Å². The Bertz CT molecular complexity index is 575. The Labute approximate surface area is 108 Å². The average Bonchev–Trinajstić information content (AvgIpc) is 2.38. The summed E-state index contributed by atoms with van der Waals surface area (Å²) in [4.78, 5) is 19.2. The van der Waals surface area contributed by atoms with Gasteiger partial charge in [0.1, 0.15) is 22.8 Å². The minimum absolute atomic E-state index is 0.256. The molecule has 0 bridgehead atoms. The molecular formula is C12H9ClN2O3. The number of rotatable bonds is 3. The van der Waals surface area contributed by atoms with Crippen LogP contribution in [0, 0.1) is 0 Å². The van der Waals surface area contributed by atoms with Crippen molar-refractivity contribution in [2.75, 3.05) is 7.11 Å². The molecule has 1 aromatic heterocycles. The van der Waals surface area contributed by atoms with Crippen molar-refractivity contribution in [3.63, 3.8) is 0 Å². The summed E-state index contributed by atoms with van der Waals surface area (Å²) in [5.74, 6) is 0.122. The van der Waals surface area contributed by atoms with E-state index in [9.17, 15) is 4.79 Å². The average molecular weight is 265 g/mol. The number of esters is 1. The van der Waals surface area contributed by atoms with Crippen LogP contribution < -0.4 is 4.74 Å². The lowest BCUT2D eigenvalue weighted by Crippen LogP contribution is -2.03. The molecule has 2 rings (SSSR count). The first-order valence-electron chi connectivity index (χ1n) is 5.03. The third-order valence-electron chi connectivity index (χ3n) is 2.12. The van der Waals surface area contributed by atoms with Crippen molar-refractivity contribution < 1.29 is 14.3 Å². The molecule has 5 nitrogen and oxygen atoms in total. The van der Waals surface area contributed by atoms with Gasteiger partial charge < -0.3 is 9.47 Å². The highest BCUT2D eigenvalue weighted by atomic mass is 35.5. The standard InChI is InChI=1S/C12H9ClN2O3/c1-17-12(16)8-4-2-3-5-9(8)18-11-6-10(13)14-7-15-11/h2-7H,1H3. The normalized spacial score (nSPS) is 9.89. The van der Waals surface area contributed by atoms with Crippen LogP contribution in [0.5, 0.6) is 11.6 Å². The van der Waals surface area contributed by atoms with Gasteiger partial charge in [0.15, 0.2) is 0 Å². The molecule has 2 aromatic rings. The van der Waals surface area contributed by atoms with Gasteiger partial charge in [-0.3, -0.25) is 0 Å². The van der Waals surface area contributed by atoms with Gasteiger partial charge >= 0.3 is 5.97 Å². The van der Waals surface area contributed by atoms with Gasteiger partial charge in [0.05, 0.1) is 7.11 Å². The summed E-state index contributed by atoms with van der Waals surface area (Å²) in [5.41, 5.74) is 0.315. The van der Waals surface area contributed by atoms with E-state index in [0.29, 0.717) is 11.3 Å². The van der Waals surface area contributed by atoms with Gasteiger partial charge in [0, 0.05) is 6.07 Å². The fourth-order valence-corrected chi connectivity index (χ4v) is 1.46. The summed E-state index contributed by atoms with van der Waals surface area (Å²) in [6.07, 6.45) is 1.28. The van der Waals surface area contributed by atoms with Crippen LogP contribution in [0.15, 0.2) is 36.7 Å². The Kier molecular flexibility index (Phi) is 3.74. The molecule has 0 spiro atoms. The molecule has 1 aromatic carbocycles. The van der Waals surface area contributed by atoms with Crippen LogP contribution in [0.1, 0.15) is 10.4 Å². The maximum atomic E-state index is 11.5. The van der Waals surface area contributed by atoms with Crippen LogP contribution in [0.4, 0.5) is 0 Å². The molecule has 0 radical (unpaired) electrons. The minimum atomic E-state index is -0.481. The van der Waals surface area contributed by atoms with Crippen LogP contribution in [0.25, 0.3) is 0 Å². The Hall–Kier alpha value is -2.14. The number of para-hydroxylation sites is 1. The molecule has 0 aliphatic heterocycles. The Morgan fingerprint density at radius 3 is 2.78 bits per heavy atom. The molecule has 0 aliphatic rings. The summed E-state index contributed by atoms with van der Waals surface area (Å²) in [5, 5.41) is 0.260. The zero-order chi connectivity index (χ0) is 13.0. The molecule has 6 heteroatoms. The smallest absolute Gasteiger partial charge is 0.341 e. The Morgan fingerprint density at radius 1 is 1.28 bits per heavy atom. The molecule has 0 atom stereocenters. The largest absolute Gasteiger partial charge is 0.465 e. The fraction of sp³-hybridized carbons (Fsp3) is 0.0833. The van der Waals surface area contributed by atoms with Crippen LogP contribution in [0.2, 0.25) is 5.15 Å². The van der Waals surface area contributed by atoms with Crippen molar-refractivity contribution in [3.05, 3.63) is 47.4 Å². The maximum absolute atomic E-state index is 11.5. The van der Waals surface area contributed by atoms with E-state index in [0.717, 1.165) is 0 Å². The Balaban J connectivity index is 2.32. The van der Waals surface area contributed by atoms with Crippen LogP contribution >= 0.6 is 11.6 Å². The minimum Gasteiger partial charge on any atom is -0.465 e. The second-order valence-corrected chi connectivity index (χ2v) is 3.66. The molecule has 1 heterocycles. The van der Waals surface area contributed by atoms with Gasteiger partial charge in [0.25, 0.3) is 0 Å². The quantitative estimate of drug-likeness (QED) is 0.630. The third kappa shape index (κ3) is 2.75. The number of halogens is 1. The maximum Gasteiger partial charge on any atom is 0.341 e. The van der Waals surface area contributed by atoms with E-state index < -0.39 is 5.97 Å².